The molecular weight excluding hydrogens is 306 g/mol. The van der Waals surface area contributed by atoms with Gasteiger partial charge in [-0.05, 0) is 31.2 Å². The van der Waals surface area contributed by atoms with E-state index in [9.17, 15) is 8.42 Å². The molecule has 5 nitrogen and oxygen atoms in total. The van der Waals surface area contributed by atoms with Gasteiger partial charge >= 0.3 is 0 Å². The largest absolute Gasteiger partial charge is 0.327 e. The minimum atomic E-state index is -3.16. The van der Waals surface area contributed by atoms with Crippen LogP contribution in [0, 0.1) is 0 Å². The van der Waals surface area contributed by atoms with Crippen LogP contribution in [0.15, 0.2) is 46.5 Å². The number of sulfone groups is 1. The Kier molecular flexibility index (Phi) is 4.75. The van der Waals surface area contributed by atoms with Gasteiger partial charge in [0.15, 0.2) is 9.84 Å². The fourth-order valence-electron chi connectivity index (χ4n) is 1.98. The third-order valence-electron chi connectivity index (χ3n) is 3.05. The van der Waals surface area contributed by atoms with Gasteiger partial charge in [0.05, 0.1) is 16.3 Å². The molecule has 2 rings (SSSR count). The first-order chi connectivity index (χ1) is 9.77. The summed E-state index contributed by atoms with van der Waals surface area (Å²) in [6.45, 7) is 1.95. The molecule has 7 heteroatoms. The van der Waals surface area contributed by atoms with Crippen LogP contribution >= 0.6 is 11.8 Å². The molecule has 0 saturated carbocycles. The Morgan fingerprint density at radius 2 is 1.90 bits per heavy atom. The summed E-state index contributed by atoms with van der Waals surface area (Å²) in [6, 6.07) is 6.83. The van der Waals surface area contributed by atoms with Crippen molar-refractivity contribution >= 4 is 21.6 Å². The number of aromatic nitrogens is 2. The first-order valence-corrected chi connectivity index (χ1v) is 9.25. The fourth-order valence-corrected chi connectivity index (χ4v) is 3.67. The average molecular weight is 325 g/mol. The summed E-state index contributed by atoms with van der Waals surface area (Å²) in [5.74, 6) is 0. The number of aryl methyl sites for hydroxylation is 1. The van der Waals surface area contributed by atoms with E-state index in [1.165, 1.54) is 6.26 Å². The predicted octanol–water partition coefficient (Wildman–Crippen LogP) is 2.00. The Balaban J connectivity index is 2.22. The summed E-state index contributed by atoms with van der Waals surface area (Å²) in [5.41, 5.74) is 7.13. The van der Waals surface area contributed by atoms with E-state index >= 15 is 0 Å². The molecule has 2 N–H and O–H groups in total. The summed E-state index contributed by atoms with van der Waals surface area (Å²) < 4.78 is 24.7. The van der Waals surface area contributed by atoms with Crippen LogP contribution in [0.3, 0.4) is 0 Å². The first-order valence-electron chi connectivity index (χ1n) is 6.48. The van der Waals surface area contributed by atoms with Crippen molar-refractivity contribution < 1.29 is 8.42 Å². The number of nitrogens with two attached hydrogens (primary N) is 1. The zero-order valence-electron chi connectivity index (χ0n) is 12.2. The van der Waals surface area contributed by atoms with E-state index in [2.05, 4.69) is 5.10 Å². The van der Waals surface area contributed by atoms with Crippen LogP contribution in [0.4, 0.5) is 0 Å². The van der Waals surface area contributed by atoms with Gasteiger partial charge in [-0.1, -0.05) is 0 Å². The van der Waals surface area contributed by atoms with E-state index < -0.39 is 9.84 Å². The molecule has 0 spiro atoms. The quantitative estimate of drug-likeness (QED) is 0.851. The van der Waals surface area contributed by atoms with Crippen LogP contribution in [0.25, 0.3) is 0 Å². The minimum absolute atomic E-state index is 0.0474. The number of nitrogens with zero attached hydrogens (tertiary/aromatic N) is 2. The summed E-state index contributed by atoms with van der Waals surface area (Å²) in [6.07, 6.45) is 4.97. The Morgan fingerprint density at radius 1 is 1.29 bits per heavy atom. The van der Waals surface area contributed by atoms with Crippen molar-refractivity contribution in [3.63, 3.8) is 0 Å². The number of thioether (sulfide) groups is 1. The van der Waals surface area contributed by atoms with Crippen LogP contribution in [0.5, 0.6) is 0 Å². The zero-order valence-corrected chi connectivity index (χ0v) is 13.9. The van der Waals surface area contributed by atoms with Gasteiger partial charge in [0.2, 0.25) is 0 Å². The van der Waals surface area contributed by atoms with E-state index in [0.29, 0.717) is 4.90 Å². The fraction of sp³-hybridized carbons (Fsp3) is 0.357. The second kappa shape index (κ2) is 6.21. The van der Waals surface area contributed by atoms with E-state index in [1.807, 2.05) is 38.5 Å². The molecular formula is C14H19N3O2S2. The van der Waals surface area contributed by atoms with Crippen molar-refractivity contribution in [3.8, 4) is 0 Å². The van der Waals surface area contributed by atoms with Crippen molar-refractivity contribution in [1.29, 1.82) is 0 Å². The average Bonchev–Trinajstić information content (AvgIpc) is 2.81. The second-order valence-corrected chi connectivity index (χ2v) is 8.32. The molecule has 0 bridgehead atoms. The van der Waals surface area contributed by atoms with Gasteiger partial charge in [0.1, 0.15) is 0 Å². The smallest absolute Gasteiger partial charge is 0.175 e. The van der Waals surface area contributed by atoms with Gasteiger partial charge in [-0.3, -0.25) is 4.68 Å². The van der Waals surface area contributed by atoms with Crippen molar-refractivity contribution in [1.82, 2.24) is 9.78 Å². The third kappa shape index (κ3) is 4.09. The number of rotatable bonds is 5. The van der Waals surface area contributed by atoms with Gasteiger partial charge in [-0.2, -0.15) is 5.10 Å². The normalized spacial score (nSPS) is 14.9. The SMILES string of the molecule is CC(N)C(Sc1ccc(S(C)(=O)=O)cc1)c1cnn(C)c1. The highest BCUT2D eigenvalue weighted by molar-refractivity contribution is 7.99. The van der Waals surface area contributed by atoms with Crippen molar-refractivity contribution in [2.24, 2.45) is 12.8 Å². The summed E-state index contributed by atoms with van der Waals surface area (Å²) in [4.78, 5) is 1.30. The number of hydrogen-bond donors (Lipinski definition) is 1. The Hall–Kier alpha value is -1.31. The summed E-state index contributed by atoms with van der Waals surface area (Å²) in [5, 5.41) is 4.25. The molecule has 0 aliphatic rings. The lowest BCUT2D eigenvalue weighted by Gasteiger charge is -2.19. The molecule has 114 valence electrons. The molecule has 0 fully saturated rings. The summed E-state index contributed by atoms with van der Waals surface area (Å²) >= 11 is 1.61. The maximum atomic E-state index is 11.5. The van der Waals surface area contributed by atoms with E-state index in [4.69, 9.17) is 5.73 Å². The first kappa shape index (κ1) is 16.1. The van der Waals surface area contributed by atoms with Crippen molar-refractivity contribution in [2.45, 2.75) is 28.0 Å². The molecule has 2 unspecified atom stereocenters. The highest BCUT2D eigenvalue weighted by atomic mass is 32.2. The molecule has 1 heterocycles. The lowest BCUT2D eigenvalue weighted by atomic mass is 10.1. The van der Waals surface area contributed by atoms with Gasteiger partial charge in [-0.15, -0.1) is 11.8 Å². The Bertz CT molecular complexity index is 706. The predicted molar refractivity (Wildman–Crippen MR) is 85.0 cm³/mol. The monoisotopic (exact) mass is 325 g/mol. The van der Waals surface area contributed by atoms with Gasteiger partial charge in [0.25, 0.3) is 0 Å². The maximum Gasteiger partial charge on any atom is 0.175 e. The third-order valence-corrected chi connectivity index (χ3v) is 5.67. The van der Waals surface area contributed by atoms with Crippen molar-refractivity contribution in [2.75, 3.05) is 6.26 Å². The van der Waals surface area contributed by atoms with Gasteiger partial charge < -0.3 is 5.73 Å². The Morgan fingerprint density at radius 3 is 2.33 bits per heavy atom. The molecule has 0 amide bonds. The standard InChI is InChI=1S/C14H19N3O2S2/c1-10(15)14(11-8-16-17(2)9-11)20-12-4-6-13(7-5-12)21(3,18)19/h4-10,14H,15H2,1-3H3. The molecule has 0 radical (unpaired) electrons. The van der Waals surface area contributed by atoms with Crippen LogP contribution < -0.4 is 5.73 Å². The molecule has 21 heavy (non-hydrogen) atoms. The molecule has 2 atom stereocenters. The lowest BCUT2D eigenvalue weighted by Crippen LogP contribution is -2.22. The van der Waals surface area contributed by atoms with Gasteiger partial charge in [0, 0.05) is 36.0 Å². The number of benzene rings is 1. The van der Waals surface area contributed by atoms with E-state index in [-0.39, 0.29) is 11.3 Å². The minimum Gasteiger partial charge on any atom is -0.327 e. The Labute approximate surface area is 129 Å². The second-order valence-electron chi connectivity index (χ2n) is 5.09. The van der Waals surface area contributed by atoms with Crippen LogP contribution in [-0.4, -0.2) is 30.5 Å². The van der Waals surface area contributed by atoms with Crippen molar-refractivity contribution in [3.05, 3.63) is 42.2 Å². The van der Waals surface area contributed by atoms with Crippen LogP contribution in [-0.2, 0) is 16.9 Å². The van der Waals surface area contributed by atoms with E-state index in [0.717, 1.165) is 10.5 Å². The maximum absolute atomic E-state index is 11.5. The molecule has 1 aromatic heterocycles. The molecule has 1 aromatic carbocycles. The molecule has 0 aliphatic carbocycles. The molecule has 0 saturated heterocycles. The van der Waals surface area contributed by atoms with Gasteiger partial charge in [-0.25, -0.2) is 8.42 Å². The summed E-state index contributed by atoms with van der Waals surface area (Å²) in [7, 11) is -1.29. The topological polar surface area (TPSA) is 78.0 Å². The van der Waals surface area contributed by atoms with Crippen LogP contribution in [0.1, 0.15) is 17.7 Å². The highest BCUT2D eigenvalue weighted by Crippen LogP contribution is 2.37. The van der Waals surface area contributed by atoms with E-state index in [1.54, 1.807) is 28.6 Å². The molecule has 2 aromatic rings. The lowest BCUT2D eigenvalue weighted by molar-refractivity contribution is 0.602. The number of hydrogen-bond acceptors (Lipinski definition) is 5. The highest BCUT2D eigenvalue weighted by Gasteiger charge is 2.19. The zero-order chi connectivity index (χ0) is 15.6. The molecule has 0 aliphatic heterocycles. The van der Waals surface area contributed by atoms with Crippen LogP contribution in [0.2, 0.25) is 0 Å².